The molecule has 1 aliphatic carbocycles. The minimum atomic E-state index is -1.54. The molecule has 1 fully saturated rings. The van der Waals surface area contributed by atoms with Crippen LogP contribution in [-0.4, -0.2) is 15.8 Å². The predicted molar refractivity (Wildman–Crippen MR) is 65.1 cm³/mol. The molecule has 0 radical (unpaired) electrons. The summed E-state index contributed by atoms with van der Waals surface area (Å²) in [7, 11) is 0. The molecule has 98 valence electrons. The van der Waals surface area contributed by atoms with Gasteiger partial charge >= 0.3 is 6.16 Å². The van der Waals surface area contributed by atoms with Crippen molar-refractivity contribution in [1.82, 2.24) is 4.57 Å². The van der Waals surface area contributed by atoms with Gasteiger partial charge in [0.05, 0.1) is 11.7 Å². The fraction of sp³-hybridized carbons (Fsp3) is 0.231. The zero-order valence-corrected chi connectivity index (χ0v) is 9.80. The Morgan fingerprint density at radius 3 is 2.79 bits per heavy atom. The number of halogens is 1. The lowest BCUT2D eigenvalue weighted by Crippen LogP contribution is -2.16. The van der Waals surface area contributed by atoms with Crippen LogP contribution in [0, 0.1) is 5.82 Å². The third-order valence-electron chi connectivity index (χ3n) is 3.10. The SMILES string of the molecule is O=C(O)Oc1cn(C2CC2)c2cc(F)ccc2c1=O. The summed E-state index contributed by atoms with van der Waals surface area (Å²) >= 11 is 0. The second-order valence-corrected chi connectivity index (χ2v) is 4.49. The highest BCUT2D eigenvalue weighted by Crippen LogP contribution is 2.37. The molecular formula is C13H10FNO4. The van der Waals surface area contributed by atoms with Gasteiger partial charge in [0.1, 0.15) is 5.82 Å². The summed E-state index contributed by atoms with van der Waals surface area (Å²) in [6, 6.07) is 3.96. The van der Waals surface area contributed by atoms with Crippen LogP contribution in [0.25, 0.3) is 10.9 Å². The van der Waals surface area contributed by atoms with Crippen LogP contribution in [0.5, 0.6) is 5.75 Å². The van der Waals surface area contributed by atoms with Gasteiger partial charge in [0.2, 0.25) is 5.43 Å². The van der Waals surface area contributed by atoms with Gasteiger partial charge in [0, 0.05) is 11.4 Å². The maximum Gasteiger partial charge on any atom is 0.511 e. The van der Waals surface area contributed by atoms with Crippen molar-refractivity contribution in [1.29, 1.82) is 0 Å². The molecule has 0 aliphatic heterocycles. The van der Waals surface area contributed by atoms with Crippen LogP contribution in [0.4, 0.5) is 9.18 Å². The first-order chi connectivity index (χ1) is 9.06. The van der Waals surface area contributed by atoms with Crippen LogP contribution in [-0.2, 0) is 0 Å². The van der Waals surface area contributed by atoms with Crippen LogP contribution in [0.2, 0.25) is 0 Å². The van der Waals surface area contributed by atoms with Gasteiger partial charge in [0.15, 0.2) is 5.75 Å². The van der Waals surface area contributed by atoms with E-state index in [2.05, 4.69) is 4.74 Å². The maximum atomic E-state index is 13.3. The molecule has 0 saturated heterocycles. The molecule has 0 spiro atoms. The molecule has 3 rings (SSSR count). The van der Waals surface area contributed by atoms with E-state index in [1.807, 2.05) is 0 Å². The smallest absolute Gasteiger partial charge is 0.449 e. The maximum absolute atomic E-state index is 13.3. The van der Waals surface area contributed by atoms with Crippen molar-refractivity contribution in [3.63, 3.8) is 0 Å². The molecular weight excluding hydrogens is 253 g/mol. The number of nitrogens with zero attached hydrogens (tertiary/aromatic N) is 1. The topological polar surface area (TPSA) is 68.5 Å². The van der Waals surface area contributed by atoms with Crippen molar-refractivity contribution >= 4 is 17.1 Å². The summed E-state index contributed by atoms with van der Waals surface area (Å²) in [5.41, 5.74) is -0.0838. The van der Waals surface area contributed by atoms with Crippen LogP contribution < -0.4 is 10.2 Å². The van der Waals surface area contributed by atoms with Crippen molar-refractivity contribution in [2.24, 2.45) is 0 Å². The van der Waals surface area contributed by atoms with E-state index in [-0.39, 0.29) is 17.2 Å². The molecule has 2 aromatic rings. The Morgan fingerprint density at radius 2 is 2.16 bits per heavy atom. The minimum Gasteiger partial charge on any atom is -0.449 e. The largest absolute Gasteiger partial charge is 0.511 e. The van der Waals surface area contributed by atoms with Gasteiger partial charge in [-0.1, -0.05) is 0 Å². The molecule has 0 atom stereocenters. The number of carbonyl (C=O) groups is 1. The Hall–Kier alpha value is -2.37. The molecule has 5 nitrogen and oxygen atoms in total. The third kappa shape index (κ3) is 2.05. The Morgan fingerprint density at radius 1 is 1.42 bits per heavy atom. The summed E-state index contributed by atoms with van der Waals surface area (Å²) < 4.78 is 19.5. The van der Waals surface area contributed by atoms with E-state index in [0.29, 0.717) is 5.52 Å². The van der Waals surface area contributed by atoms with Gasteiger partial charge in [0.25, 0.3) is 0 Å². The van der Waals surface area contributed by atoms with Crippen LogP contribution in [0.1, 0.15) is 18.9 Å². The van der Waals surface area contributed by atoms with Crippen molar-refractivity contribution in [3.05, 3.63) is 40.4 Å². The number of hydrogen-bond donors (Lipinski definition) is 1. The van der Waals surface area contributed by atoms with Gasteiger partial charge in [-0.2, -0.15) is 0 Å². The Bertz CT molecular complexity index is 733. The fourth-order valence-corrected chi connectivity index (χ4v) is 2.12. The average molecular weight is 263 g/mol. The highest BCUT2D eigenvalue weighted by Gasteiger charge is 2.26. The summed E-state index contributed by atoms with van der Waals surface area (Å²) in [4.78, 5) is 22.6. The Labute approximate surface area is 106 Å². The first kappa shape index (κ1) is 11.7. The van der Waals surface area contributed by atoms with Gasteiger partial charge in [-0.15, -0.1) is 0 Å². The first-order valence-electron chi connectivity index (χ1n) is 5.81. The summed E-state index contributed by atoms with van der Waals surface area (Å²) in [6.45, 7) is 0. The normalized spacial score (nSPS) is 14.6. The van der Waals surface area contributed by atoms with E-state index in [4.69, 9.17) is 5.11 Å². The number of aromatic nitrogens is 1. The molecule has 19 heavy (non-hydrogen) atoms. The van der Waals surface area contributed by atoms with Gasteiger partial charge in [-0.25, -0.2) is 9.18 Å². The average Bonchev–Trinajstić information content (AvgIpc) is 3.16. The molecule has 1 saturated carbocycles. The minimum absolute atomic E-state index is 0.168. The molecule has 6 heteroatoms. The molecule has 1 N–H and O–H groups in total. The second-order valence-electron chi connectivity index (χ2n) is 4.49. The van der Waals surface area contributed by atoms with Crippen molar-refractivity contribution in [2.75, 3.05) is 0 Å². The number of benzene rings is 1. The third-order valence-corrected chi connectivity index (χ3v) is 3.10. The number of rotatable bonds is 2. The number of fused-ring (bicyclic) bond motifs is 1. The zero-order chi connectivity index (χ0) is 13.6. The summed E-state index contributed by atoms with van der Waals surface area (Å²) in [5, 5.41) is 8.88. The highest BCUT2D eigenvalue weighted by atomic mass is 19.1. The molecule has 0 amide bonds. The van der Waals surface area contributed by atoms with Gasteiger partial charge in [-0.05, 0) is 31.0 Å². The highest BCUT2D eigenvalue weighted by molar-refractivity contribution is 5.81. The Balaban J connectivity index is 2.30. The number of pyridine rings is 1. The lowest BCUT2D eigenvalue weighted by atomic mass is 10.2. The molecule has 1 aromatic carbocycles. The van der Waals surface area contributed by atoms with E-state index in [1.165, 1.54) is 24.4 Å². The monoisotopic (exact) mass is 263 g/mol. The molecule has 0 bridgehead atoms. The number of carboxylic acid groups (broad SMARTS) is 1. The number of hydrogen-bond acceptors (Lipinski definition) is 3. The van der Waals surface area contributed by atoms with Crippen molar-refractivity contribution in [3.8, 4) is 5.75 Å². The van der Waals surface area contributed by atoms with Crippen LogP contribution in [0.3, 0.4) is 0 Å². The summed E-state index contributed by atoms with van der Waals surface area (Å²) in [6.07, 6.45) is 1.64. The fourth-order valence-electron chi connectivity index (χ4n) is 2.12. The number of ether oxygens (including phenoxy) is 1. The predicted octanol–water partition coefficient (Wildman–Crippen LogP) is 2.53. The summed E-state index contributed by atoms with van der Waals surface area (Å²) in [5.74, 6) is -0.688. The van der Waals surface area contributed by atoms with Crippen molar-refractivity contribution in [2.45, 2.75) is 18.9 Å². The quantitative estimate of drug-likeness (QED) is 0.845. The lowest BCUT2D eigenvalue weighted by Gasteiger charge is -2.11. The van der Waals surface area contributed by atoms with Crippen molar-refractivity contribution < 1.29 is 19.0 Å². The Kier molecular flexibility index (Phi) is 2.51. The molecule has 0 unspecified atom stereocenters. The van der Waals surface area contributed by atoms with E-state index in [0.717, 1.165) is 12.8 Å². The molecule has 1 aliphatic rings. The van der Waals surface area contributed by atoms with Crippen LogP contribution in [0.15, 0.2) is 29.2 Å². The van der Waals surface area contributed by atoms with E-state index < -0.39 is 17.4 Å². The van der Waals surface area contributed by atoms with E-state index >= 15 is 0 Å². The molecule has 1 heterocycles. The molecule has 1 aromatic heterocycles. The van der Waals surface area contributed by atoms with E-state index in [9.17, 15) is 14.0 Å². The van der Waals surface area contributed by atoms with Gasteiger partial charge in [-0.3, -0.25) is 4.79 Å². The standard InChI is InChI=1S/C13H10FNO4/c14-7-1-4-9-10(5-7)15(8-2-3-8)6-11(12(9)16)19-13(17)18/h1,4-6,8H,2-3H2,(H,17,18). The first-order valence-corrected chi connectivity index (χ1v) is 5.81. The van der Waals surface area contributed by atoms with Crippen LogP contribution >= 0.6 is 0 Å². The second kappa shape index (κ2) is 4.08. The van der Waals surface area contributed by atoms with Gasteiger partial charge < -0.3 is 14.4 Å². The van der Waals surface area contributed by atoms with E-state index in [1.54, 1.807) is 4.57 Å². The zero-order valence-electron chi connectivity index (χ0n) is 9.80. The lowest BCUT2D eigenvalue weighted by molar-refractivity contribution is 0.143.